The fourth-order valence-corrected chi connectivity index (χ4v) is 1.97. The molecule has 1 aromatic heterocycles. The molecule has 0 saturated carbocycles. The minimum absolute atomic E-state index is 0.474. The molecule has 2 unspecified atom stereocenters. The monoisotopic (exact) mass is 195 g/mol. The van der Waals surface area contributed by atoms with Gasteiger partial charge in [0.1, 0.15) is 5.82 Å². The molecule has 0 spiro atoms. The number of rotatable bonds is 5. The summed E-state index contributed by atoms with van der Waals surface area (Å²) in [6.45, 7) is 6.59. The SMILES string of the molecule is CCc1nccn1C(C)C(CC)NC. The lowest BCUT2D eigenvalue weighted by Crippen LogP contribution is -2.33. The molecule has 3 heteroatoms. The summed E-state index contributed by atoms with van der Waals surface area (Å²) in [6.07, 6.45) is 6.09. The van der Waals surface area contributed by atoms with Gasteiger partial charge in [-0.1, -0.05) is 13.8 Å². The van der Waals surface area contributed by atoms with Crippen molar-refractivity contribution in [2.75, 3.05) is 7.05 Å². The quantitative estimate of drug-likeness (QED) is 0.779. The Labute approximate surface area is 86.5 Å². The largest absolute Gasteiger partial charge is 0.331 e. The molecule has 1 rings (SSSR count). The average molecular weight is 195 g/mol. The van der Waals surface area contributed by atoms with E-state index in [1.165, 1.54) is 5.82 Å². The number of hydrogen-bond donors (Lipinski definition) is 1. The molecule has 0 aliphatic heterocycles. The summed E-state index contributed by atoms with van der Waals surface area (Å²) < 4.78 is 2.27. The van der Waals surface area contributed by atoms with Crippen LogP contribution < -0.4 is 5.32 Å². The van der Waals surface area contributed by atoms with Crippen LogP contribution >= 0.6 is 0 Å². The Hall–Kier alpha value is -0.830. The van der Waals surface area contributed by atoms with Crippen LogP contribution in [0, 0.1) is 0 Å². The molecule has 14 heavy (non-hydrogen) atoms. The van der Waals surface area contributed by atoms with Crippen molar-refractivity contribution < 1.29 is 0 Å². The van der Waals surface area contributed by atoms with Crippen molar-refractivity contribution in [3.63, 3.8) is 0 Å². The van der Waals surface area contributed by atoms with Gasteiger partial charge in [-0.05, 0) is 20.4 Å². The fourth-order valence-electron chi connectivity index (χ4n) is 1.97. The summed E-state index contributed by atoms with van der Waals surface area (Å²) in [6, 6.07) is 0.997. The van der Waals surface area contributed by atoms with E-state index in [-0.39, 0.29) is 0 Å². The van der Waals surface area contributed by atoms with Gasteiger partial charge in [0.05, 0.1) is 0 Å². The molecule has 1 heterocycles. The second kappa shape index (κ2) is 5.15. The summed E-state index contributed by atoms with van der Waals surface area (Å²) >= 11 is 0. The van der Waals surface area contributed by atoms with Crippen molar-refractivity contribution in [1.29, 1.82) is 0 Å². The second-order valence-electron chi connectivity index (χ2n) is 3.65. The molecule has 80 valence electrons. The van der Waals surface area contributed by atoms with E-state index in [1.807, 2.05) is 13.2 Å². The van der Waals surface area contributed by atoms with Crippen molar-refractivity contribution in [3.05, 3.63) is 18.2 Å². The minimum Gasteiger partial charge on any atom is -0.331 e. The normalized spacial score (nSPS) is 15.4. The molecule has 0 aromatic carbocycles. The first kappa shape index (κ1) is 11.2. The minimum atomic E-state index is 0.474. The second-order valence-corrected chi connectivity index (χ2v) is 3.65. The lowest BCUT2D eigenvalue weighted by Gasteiger charge is -2.24. The van der Waals surface area contributed by atoms with Crippen molar-refractivity contribution in [1.82, 2.24) is 14.9 Å². The summed E-state index contributed by atoms with van der Waals surface area (Å²) in [5.41, 5.74) is 0. The number of hydrogen-bond acceptors (Lipinski definition) is 2. The molecule has 3 nitrogen and oxygen atoms in total. The summed E-state index contributed by atoms with van der Waals surface area (Å²) in [7, 11) is 2.02. The van der Waals surface area contributed by atoms with E-state index in [9.17, 15) is 0 Å². The van der Waals surface area contributed by atoms with Crippen molar-refractivity contribution in [3.8, 4) is 0 Å². The van der Waals surface area contributed by atoms with Gasteiger partial charge < -0.3 is 9.88 Å². The summed E-state index contributed by atoms with van der Waals surface area (Å²) in [5.74, 6) is 1.17. The van der Waals surface area contributed by atoms with Crippen LogP contribution in [0.5, 0.6) is 0 Å². The van der Waals surface area contributed by atoms with Gasteiger partial charge in [-0.25, -0.2) is 4.98 Å². The van der Waals surface area contributed by atoms with E-state index in [0.717, 1.165) is 12.8 Å². The topological polar surface area (TPSA) is 29.9 Å². The van der Waals surface area contributed by atoms with Crippen LogP contribution in [-0.4, -0.2) is 22.6 Å². The third-order valence-corrected chi connectivity index (χ3v) is 2.90. The third-order valence-electron chi connectivity index (χ3n) is 2.90. The standard InChI is InChI=1S/C11H21N3/c1-5-10(12-4)9(3)14-8-7-13-11(14)6-2/h7-10,12H,5-6H2,1-4H3. The van der Waals surface area contributed by atoms with Crippen molar-refractivity contribution in [2.45, 2.75) is 45.7 Å². The van der Waals surface area contributed by atoms with Gasteiger partial charge in [-0.15, -0.1) is 0 Å². The Morgan fingerprint density at radius 1 is 1.50 bits per heavy atom. The first-order valence-corrected chi connectivity index (χ1v) is 5.43. The van der Waals surface area contributed by atoms with E-state index in [0.29, 0.717) is 12.1 Å². The van der Waals surface area contributed by atoms with Crippen LogP contribution in [0.25, 0.3) is 0 Å². The van der Waals surface area contributed by atoms with Gasteiger partial charge in [-0.2, -0.15) is 0 Å². The Balaban J connectivity index is 2.81. The average Bonchev–Trinajstić information content (AvgIpc) is 2.67. The zero-order chi connectivity index (χ0) is 10.6. The van der Waals surface area contributed by atoms with Crippen molar-refractivity contribution in [2.24, 2.45) is 0 Å². The maximum absolute atomic E-state index is 4.34. The molecule has 0 amide bonds. The number of nitrogens with one attached hydrogen (secondary N) is 1. The van der Waals surface area contributed by atoms with Gasteiger partial charge >= 0.3 is 0 Å². The highest BCUT2D eigenvalue weighted by molar-refractivity contribution is 4.96. The molecule has 2 atom stereocenters. The number of aromatic nitrogens is 2. The van der Waals surface area contributed by atoms with E-state index < -0.39 is 0 Å². The zero-order valence-corrected chi connectivity index (χ0v) is 9.62. The van der Waals surface area contributed by atoms with Crippen LogP contribution in [0.1, 0.15) is 39.1 Å². The maximum atomic E-state index is 4.34. The predicted molar refractivity (Wildman–Crippen MR) is 59.5 cm³/mol. The zero-order valence-electron chi connectivity index (χ0n) is 9.62. The van der Waals surface area contributed by atoms with Gasteiger partial charge in [0, 0.05) is 30.9 Å². The molecule has 0 fully saturated rings. The molecular formula is C11H21N3. The van der Waals surface area contributed by atoms with Gasteiger partial charge in [-0.3, -0.25) is 0 Å². The van der Waals surface area contributed by atoms with Crippen molar-refractivity contribution >= 4 is 0 Å². The number of aryl methyl sites for hydroxylation is 1. The molecule has 0 aliphatic rings. The molecule has 1 aromatic rings. The van der Waals surface area contributed by atoms with Crippen LogP contribution in [0.4, 0.5) is 0 Å². The Bertz CT molecular complexity index is 263. The Morgan fingerprint density at radius 3 is 2.71 bits per heavy atom. The predicted octanol–water partition coefficient (Wildman–Crippen LogP) is 2.00. The lowest BCUT2D eigenvalue weighted by molar-refractivity contribution is 0.373. The first-order valence-electron chi connectivity index (χ1n) is 5.43. The highest BCUT2D eigenvalue weighted by atomic mass is 15.1. The molecular weight excluding hydrogens is 174 g/mol. The maximum Gasteiger partial charge on any atom is 0.108 e. The van der Waals surface area contributed by atoms with Crippen LogP contribution in [0.2, 0.25) is 0 Å². The molecule has 0 saturated heterocycles. The van der Waals surface area contributed by atoms with Gasteiger partial charge in [0.15, 0.2) is 0 Å². The summed E-state index contributed by atoms with van der Waals surface area (Å²) in [4.78, 5) is 4.34. The molecule has 0 bridgehead atoms. The van der Waals surface area contributed by atoms with E-state index >= 15 is 0 Å². The van der Waals surface area contributed by atoms with E-state index in [1.54, 1.807) is 0 Å². The third kappa shape index (κ3) is 2.15. The summed E-state index contributed by atoms with van der Waals surface area (Å²) in [5, 5.41) is 3.34. The van der Waals surface area contributed by atoms with Gasteiger partial charge in [0.25, 0.3) is 0 Å². The number of nitrogens with zero attached hydrogens (tertiary/aromatic N) is 2. The smallest absolute Gasteiger partial charge is 0.108 e. The van der Waals surface area contributed by atoms with E-state index in [4.69, 9.17) is 0 Å². The Kier molecular flexibility index (Phi) is 4.14. The van der Waals surface area contributed by atoms with Crippen LogP contribution in [-0.2, 0) is 6.42 Å². The van der Waals surface area contributed by atoms with Crippen LogP contribution in [0.3, 0.4) is 0 Å². The van der Waals surface area contributed by atoms with Gasteiger partial charge in [0.2, 0.25) is 0 Å². The number of likely N-dealkylation sites (N-methyl/N-ethyl adjacent to an activating group) is 1. The fraction of sp³-hybridized carbons (Fsp3) is 0.727. The van der Waals surface area contributed by atoms with E-state index in [2.05, 4.69) is 41.8 Å². The molecule has 1 N–H and O–H groups in total. The van der Waals surface area contributed by atoms with Crippen LogP contribution in [0.15, 0.2) is 12.4 Å². The highest BCUT2D eigenvalue weighted by Crippen LogP contribution is 2.15. The number of imidazole rings is 1. The Morgan fingerprint density at radius 2 is 2.21 bits per heavy atom. The molecule has 0 radical (unpaired) electrons. The first-order chi connectivity index (χ1) is 6.74. The highest BCUT2D eigenvalue weighted by Gasteiger charge is 2.16. The lowest BCUT2D eigenvalue weighted by atomic mass is 10.1. The molecule has 0 aliphatic carbocycles.